The first-order valence-electron chi connectivity index (χ1n) is 5.61. The molecule has 100 valence electrons. The van der Waals surface area contributed by atoms with Gasteiger partial charge in [0.25, 0.3) is 0 Å². The molecule has 0 amide bonds. The highest BCUT2D eigenvalue weighted by molar-refractivity contribution is 7.09. The lowest BCUT2D eigenvalue weighted by molar-refractivity contribution is -0.387. The van der Waals surface area contributed by atoms with E-state index in [0.717, 1.165) is 16.8 Å². The van der Waals surface area contributed by atoms with Crippen LogP contribution < -0.4 is 5.32 Å². The van der Waals surface area contributed by atoms with Crippen molar-refractivity contribution in [1.29, 1.82) is 0 Å². The first-order chi connectivity index (χ1) is 9.08. The molecule has 2 rings (SSSR count). The van der Waals surface area contributed by atoms with Gasteiger partial charge in [-0.1, -0.05) is 12.1 Å². The molecule has 0 aliphatic rings. The molecule has 0 saturated heterocycles. The molecule has 0 radical (unpaired) electrons. The monoisotopic (exact) mass is 281 g/mol. The average molecular weight is 281 g/mol. The molecule has 1 aromatic heterocycles. The Bertz CT molecular complexity index is 600. The van der Waals surface area contributed by atoms with E-state index in [9.17, 15) is 14.5 Å². The Morgan fingerprint density at radius 3 is 2.89 bits per heavy atom. The first-order valence-corrected chi connectivity index (χ1v) is 6.49. The van der Waals surface area contributed by atoms with Crippen molar-refractivity contribution in [1.82, 2.24) is 10.3 Å². The van der Waals surface area contributed by atoms with E-state index in [4.69, 9.17) is 0 Å². The van der Waals surface area contributed by atoms with Gasteiger partial charge < -0.3 is 5.32 Å². The van der Waals surface area contributed by atoms with E-state index >= 15 is 0 Å². The quantitative estimate of drug-likeness (QED) is 0.676. The Morgan fingerprint density at radius 1 is 1.47 bits per heavy atom. The highest BCUT2D eigenvalue weighted by Crippen LogP contribution is 2.20. The van der Waals surface area contributed by atoms with Crippen LogP contribution in [-0.4, -0.2) is 9.91 Å². The molecule has 1 aromatic carbocycles. The molecule has 0 spiro atoms. The van der Waals surface area contributed by atoms with E-state index in [1.165, 1.54) is 12.1 Å². The summed E-state index contributed by atoms with van der Waals surface area (Å²) in [4.78, 5) is 14.2. The number of nitrogens with one attached hydrogen (secondary N) is 1. The summed E-state index contributed by atoms with van der Waals surface area (Å²) in [7, 11) is 0. The number of aryl methyl sites for hydroxylation is 1. The molecule has 0 unspecified atom stereocenters. The van der Waals surface area contributed by atoms with Crippen LogP contribution in [0.15, 0.2) is 23.6 Å². The zero-order valence-corrected chi connectivity index (χ0v) is 11.0. The molecule has 0 bridgehead atoms. The van der Waals surface area contributed by atoms with Crippen LogP contribution in [0.1, 0.15) is 16.3 Å². The molecular formula is C12H12FN3O2S. The number of hydrogen-bond donors (Lipinski definition) is 1. The smallest absolute Gasteiger partial charge is 0.305 e. The molecule has 2 aromatic rings. The largest absolute Gasteiger partial charge is 0.307 e. The van der Waals surface area contributed by atoms with Crippen molar-refractivity contribution >= 4 is 17.0 Å². The SMILES string of the molecule is Cc1nc(CNCc2cccc([N+](=O)[O-])c2F)cs1. The first kappa shape index (κ1) is 13.6. The zero-order chi connectivity index (χ0) is 13.8. The topological polar surface area (TPSA) is 68.1 Å². The number of benzene rings is 1. The zero-order valence-electron chi connectivity index (χ0n) is 10.2. The number of halogens is 1. The number of rotatable bonds is 5. The van der Waals surface area contributed by atoms with Gasteiger partial charge in [-0.05, 0) is 6.92 Å². The van der Waals surface area contributed by atoms with Gasteiger partial charge in [-0.2, -0.15) is 4.39 Å². The van der Waals surface area contributed by atoms with Crippen LogP contribution in [0.3, 0.4) is 0 Å². The van der Waals surface area contributed by atoms with Gasteiger partial charge in [-0.25, -0.2) is 4.98 Å². The van der Waals surface area contributed by atoms with Crippen molar-refractivity contribution in [3.05, 3.63) is 55.8 Å². The number of nitro groups is 1. The summed E-state index contributed by atoms with van der Waals surface area (Å²) in [6, 6.07) is 4.16. The minimum atomic E-state index is -0.783. The summed E-state index contributed by atoms with van der Waals surface area (Å²) in [6.07, 6.45) is 0. The third-order valence-corrected chi connectivity index (χ3v) is 3.37. The Labute approximate surface area is 113 Å². The summed E-state index contributed by atoms with van der Waals surface area (Å²) in [5.74, 6) is -0.783. The minimum Gasteiger partial charge on any atom is -0.307 e. The summed E-state index contributed by atoms with van der Waals surface area (Å²) >= 11 is 1.55. The van der Waals surface area contributed by atoms with Crippen molar-refractivity contribution in [3.63, 3.8) is 0 Å². The minimum absolute atomic E-state index is 0.226. The van der Waals surface area contributed by atoms with E-state index in [1.54, 1.807) is 11.3 Å². The molecule has 0 fully saturated rings. The van der Waals surface area contributed by atoms with Crippen LogP contribution in [-0.2, 0) is 13.1 Å². The maximum Gasteiger partial charge on any atom is 0.305 e. The lowest BCUT2D eigenvalue weighted by atomic mass is 10.2. The summed E-state index contributed by atoms with van der Waals surface area (Å²) < 4.78 is 13.8. The van der Waals surface area contributed by atoms with E-state index in [-0.39, 0.29) is 12.1 Å². The predicted octanol–water partition coefficient (Wildman–Crippen LogP) is 2.79. The second-order valence-corrected chi connectivity index (χ2v) is 5.03. The third kappa shape index (κ3) is 3.33. The molecule has 1 N–H and O–H groups in total. The van der Waals surface area contributed by atoms with Crippen LogP contribution in [0.25, 0.3) is 0 Å². The second-order valence-electron chi connectivity index (χ2n) is 3.97. The number of thiazole rings is 1. The maximum atomic E-state index is 13.8. The van der Waals surface area contributed by atoms with Gasteiger partial charge in [-0.15, -0.1) is 11.3 Å². The fraction of sp³-hybridized carbons (Fsp3) is 0.250. The van der Waals surface area contributed by atoms with Crippen molar-refractivity contribution in [3.8, 4) is 0 Å². The van der Waals surface area contributed by atoms with Crippen molar-refractivity contribution in [2.24, 2.45) is 0 Å². The van der Waals surface area contributed by atoms with Crippen LogP contribution in [0.4, 0.5) is 10.1 Å². The maximum absolute atomic E-state index is 13.8. The summed E-state index contributed by atoms with van der Waals surface area (Å²) in [5, 5.41) is 16.5. The molecule has 0 aliphatic carbocycles. The van der Waals surface area contributed by atoms with E-state index < -0.39 is 16.4 Å². The van der Waals surface area contributed by atoms with Crippen LogP contribution in [0.5, 0.6) is 0 Å². The molecule has 0 atom stereocenters. The molecule has 1 heterocycles. The second kappa shape index (κ2) is 5.85. The average Bonchev–Trinajstić information content (AvgIpc) is 2.77. The Kier molecular flexibility index (Phi) is 4.18. The van der Waals surface area contributed by atoms with E-state index in [1.807, 2.05) is 12.3 Å². The summed E-state index contributed by atoms with van der Waals surface area (Å²) in [6.45, 7) is 2.64. The van der Waals surface area contributed by atoms with Crippen molar-refractivity contribution in [2.75, 3.05) is 0 Å². The van der Waals surface area contributed by atoms with Crippen LogP contribution in [0, 0.1) is 22.9 Å². The number of hydrogen-bond acceptors (Lipinski definition) is 5. The van der Waals surface area contributed by atoms with Gasteiger partial charge in [0.2, 0.25) is 5.82 Å². The molecular weight excluding hydrogens is 269 g/mol. The van der Waals surface area contributed by atoms with Gasteiger partial charge in [0.1, 0.15) is 0 Å². The van der Waals surface area contributed by atoms with E-state index in [2.05, 4.69) is 10.3 Å². The third-order valence-electron chi connectivity index (χ3n) is 2.54. The lowest BCUT2D eigenvalue weighted by Gasteiger charge is -2.04. The van der Waals surface area contributed by atoms with Crippen molar-refractivity contribution < 1.29 is 9.31 Å². The van der Waals surface area contributed by atoms with E-state index in [0.29, 0.717) is 6.54 Å². The number of nitro benzene ring substituents is 1. The molecule has 19 heavy (non-hydrogen) atoms. The number of aromatic nitrogens is 1. The molecule has 5 nitrogen and oxygen atoms in total. The highest BCUT2D eigenvalue weighted by atomic mass is 32.1. The van der Waals surface area contributed by atoms with Gasteiger partial charge >= 0.3 is 5.69 Å². The van der Waals surface area contributed by atoms with Gasteiger partial charge in [0.15, 0.2) is 0 Å². The van der Waals surface area contributed by atoms with Gasteiger partial charge in [0, 0.05) is 30.1 Å². The fourth-order valence-electron chi connectivity index (χ4n) is 1.66. The number of nitrogens with zero attached hydrogens (tertiary/aromatic N) is 2. The van der Waals surface area contributed by atoms with Crippen molar-refractivity contribution in [2.45, 2.75) is 20.0 Å². The summed E-state index contributed by atoms with van der Waals surface area (Å²) in [5.41, 5.74) is 0.665. The molecule has 7 heteroatoms. The normalized spacial score (nSPS) is 10.6. The Morgan fingerprint density at radius 2 is 2.26 bits per heavy atom. The predicted molar refractivity (Wildman–Crippen MR) is 70.4 cm³/mol. The Balaban J connectivity index is 2.00. The standard InChI is InChI=1S/C12H12FN3O2S/c1-8-15-10(7-19-8)6-14-5-9-3-2-4-11(12(9)13)16(17)18/h2-4,7,14H,5-6H2,1H3. The van der Waals surface area contributed by atoms with Gasteiger partial charge in [-0.3, -0.25) is 10.1 Å². The van der Waals surface area contributed by atoms with Crippen LogP contribution >= 0.6 is 11.3 Å². The lowest BCUT2D eigenvalue weighted by Crippen LogP contribution is -2.14. The van der Waals surface area contributed by atoms with Crippen LogP contribution in [0.2, 0.25) is 0 Å². The fourth-order valence-corrected chi connectivity index (χ4v) is 2.27. The Hall–Kier alpha value is -1.86. The molecule has 0 saturated carbocycles. The highest BCUT2D eigenvalue weighted by Gasteiger charge is 2.16. The van der Waals surface area contributed by atoms with Gasteiger partial charge in [0.05, 0.1) is 15.6 Å². The molecule has 0 aliphatic heterocycles.